The highest BCUT2D eigenvalue weighted by Crippen LogP contribution is 2.35. The molecule has 0 amide bonds. The first-order valence-corrected chi connectivity index (χ1v) is 18.1. The van der Waals surface area contributed by atoms with Gasteiger partial charge in [-0.05, 0) is 81.4 Å². The van der Waals surface area contributed by atoms with Crippen LogP contribution in [0.4, 0.5) is 13.2 Å². The number of aromatic nitrogens is 1. The molecule has 0 aliphatic carbocycles. The number of aldehydes is 1. The molecule has 0 saturated carbocycles. The molecule has 0 fully saturated rings. The van der Waals surface area contributed by atoms with Crippen molar-refractivity contribution in [2.75, 3.05) is 0 Å². The Morgan fingerprint density at radius 3 is 2.02 bits per heavy atom. The van der Waals surface area contributed by atoms with E-state index in [1.54, 1.807) is 6.07 Å². The second-order valence-corrected chi connectivity index (χ2v) is 12.1. The summed E-state index contributed by atoms with van der Waals surface area (Å²) >= 11 is 5.46. The summed E-state index contributed by atoms with van der Waals surface area (Å²) in [7, 11) is 2.12. The van der Waals surface area contributed by atoms with Gasteiger partial charge in [-0.3, -0.25) is 4.99 Å². The van der Waals surface area contributed by atoms with Crippen molar-refractivity contribution in [2.24, 2.45) is 18.0 Å². The van der Waals surface area contributed by atoms with Crippen LogP contribution < -0.4 is 0 Å². The van der Waals surface area contributed by atoms with Crippen molar-refractivity contribution in [3.63, 3.8) is 0 Å². The van der Waals surface area contributed by atoms with E-state index in [4.69, 9.17) is 16.6 Å². The molecule has 1 unspecified atom stereocenters. The predicted molar refractivity (Wildman–Crippen MR) is 207 cm³/mol. The first-order chi connectivity index (χ1) is 23.3. The number of rotatable bonds is 13. The third-order valence-electron chi connectivity index (χ3n) is 7.43. The van der Waals surface area contributed by atoms with Gasteiger partial charge in [0, 0.05) is 42.6 Å². The predicted octanol–water partition coefficient (Wildman–Crippen LogP) is 13.3. The maximum absolute atomic E-state index is 12.4. The lowest BCUT2D eigenvalue weighted by atomic mass is 9.95. The van der Waals surface area contributed by atoms with Gasteiger partial charge in [0.05, 0.1) is 16.3 Å². The normalized spacial score (nSPS) is 12.3. The summed E-state index contributed by atoms with van der Waals surface area (Å²) in [5, 5.41) is -0.239. The molecule has 0 aliphatic heterocycles. The smallest absolute Gasteiger partial charge is 0.354 e. The summed E-state index contributed by atoms with van der Waals surface area (Å²) < 4.78 is 39.4. The van der Waals surface area contributed by atoms with Crippen LogP contribution in [0.1, 0.15) is 121 Å². The van der Waals surface area contributed by atoms with Crippen LogP contribution in [0.3, 0.4) is 0 Å². The van der Waals surface area contributed by atoms with Crippen LogP contribution in [0.25, 0.3) is 5.70 Å². The second-order valence-electron chi connectivity index (χ2n) is 11.7. The maximum Gasteiger partial charge on any atom is 0.417 e. The van der Waals surface area contributed by atoms with Gasteiger partial charge >= 0.3 is 6.18 Å². The van der Waals surface area contributed by atoms with E-state index >= 15 is 0 Å². The highest BCUT2D eigenvalue weighted by atomic mass is 35.5. The Morgan fingerprint density at radius 2 is 1.55 bits per heavy atom. The van der Waals surface area contributed by atoms with E-state index in [1.165, 1.54) is 28.5 Å². The van der Waals surface area contributed by atoms with Crippen molar-refractivity contribution in [1.29, 1.82) is 0 Å². The lowest BCUT2D eigenvalue weighted by molar-refractivity contribution is -0.137. The molecule has 0 bridgehead atoms. The molecule has 0 aliphatic rings. The number of nitrogens with zero attached hydrogens (tertiary/aromatic N) is 2. The summed E-state index contributed by atoms with van der Waals surface area (Å²) in [6, 6.07) is 15.2. The van der Waals surface area contributed by atoms with E-state index in [9.17, 15) is 18.0 Å². The Bertz CT molecular complexity index is 1430. The number of hydrogen-bond acceptors (Lipinski definition) is 2. The molecular weight excluding hydrogens is 641 g/mol. The standard InChI is InChI=1S/C26H36N2.C10H10ClF3.C4H8O.C2H6/c1-7-10-12-26(23-18-24(9-3)28(6)19-23)27-25(11-8-2)21(5)17-22-15-13-20(4)14-16-22;1-2-3-7-4-5-9(11)8(6-7)10(12,13)14;1-2-3-4-5;1-2/h8,11-16,18-19,21H,7,9-10,17H2,1-6H3;4-6H,2-3H2,1H3;4H,2-3H2,1H3;1-2H3/b11-8-,26-12+,27-25-;;;. The number of allylic oxidation sites excluding steroid dienone is 3. The fourth-order valence-corrected chi connectivity index (χ4v) is 4.99. The minimum atomic E-state index is -4.36. The van der Waals surface area contributed by atoms with E-state index in [2.05, 4.69) is 101 Å². The fourth-order valence-electron chi connectivity index (χ4n) is 4.77. The average molecular weight is 701 g/mol. The molecule has 1 heterocycles. The molecule has 0 saturated heterocycles. The summed E-state index contributed by atoms with van der Waals surface area (Å²) in [4.78, 5) is 14.6. The average Bonchev–Trinajstić information content (AvgIpc) is 3.46. The number of carbonyl (C=O) groups is 1. The summed E-state index contributed by atoms with van der Waals surface area (Å²) in [5.41, 5.74) is 7.40. The molecule has 3 nitrogen and oxygen atoms in total. The highest BCUT2D eigenvalue weighted by molar-refractivity contribution is 6.31. The number of aryl methyl sites for hydroxylation is 4. The van der Waals surface area contributed by atoms with Gasteiger partial charge in [0.25, 0.3) is 0 Å². The molecule has 7 heteroatoms. The zero-order valence-electron chi connectivity index (χ0n) is 31.6. The molecule has 0 radical (unpaired) electrons. The Hall–Kier alpha value is -3.38. The van der Waals surface area contributed by atoms with E-state index in [-0.39, 0.29) is 5.02 Å². The van der Waals surface area contributed by atoms with Crippen LogP contribution in [0, 0.1) is 12.8 Å². The topological polar surface area (TPSA) is 34.4 Å². The molecular formula is C42H60ClF3N2O. The number of hydrogen-bond donors (Lipinski definition) is 0. The van der Waals surface area contributed by atoms with Crippen LogP contribution in [0.15, 0.2) is 77.9 Å². The maximum atomic E-state index is 12.4. The number of alkyl halides is 3. The van der Waals surface area contributed by atoms with Crippen molar-refractivity contribution in [1.82, 2.24) is 4.57 Å². The zero-order chi connectivity index (χ0) is 37.4. The van der Waals surface area contributed by atoms with Crippen LogP contribution in [0.5, 0.6) is 0 Å². The molecule has 3 rings (SSSR count). The molecule has 2 aromatic carbocycles. The fraction of sp³-hybridized carbons (Fsp3) is 0.476. The third kappa shape index (κ3) is 17.7. The third-order valence-corrected chi connectivity index (χ3v) is 7.76. The molecule has 0 spiro atoms. The lowest BCUT2D eigenvalue weighted by Gasteiger charge is -2.14. The van der Waals surface area contributed by atoms with Crippen molar-refractivity contribution in [3.8, 4) is 0 Å². The summed E-state index contributed by atoms with van der Waals surface area (Å²) in [6.07, 6.45) is 12.7. The van der Waals surface area contributed by atoms with Crippen molar-refractivity contribution < 1.29 is 18.0 Å². The number of benzene rings is 2. The van der Waals surface area contributed by atoms with Gasteiger partial charge in [-0.15, -0.1) is 0 Å². The monoisotopic (exact) mass is 700 g/mol. The van der Waals surface area contributed by atoms with Gasteiger partial charge in [0.15, 0.2) is 0 Å². The molecule has 272 valence electrons. The quantitative estimate of drug-likeness (QED) is 0.129. The Morgan fingerprint density at radius 1 is 0.939 bits per heavy atom. The van der Waals surface area contributed by atoms with Gasteiger partial charge in [-0.1, -0.05) is 121 Å². The molecule has 0 N–H and O–H groups in total. The van der Waals surface area contributed by atoms with Crippen LogP contribution >= 0.6 is 11.6 Å². The van der Waals surface area contributed by atoms with Crippen LogP contribution in [-0.2, 0) is 37.3 Å². The van der Waals surface area contributed by atoms with E-state index in [0.717, 1.165) is 62.3 Å². The number of halogens is 4. The van der Waals surface area contributed by atoms with Gasteiger partial charge in [-0.2, -0.15) is 13.2 Å². The Labute approximate surface area is 300 Å². The molecule has 3 aromatic rings. The first kappa shape index (κ1) is 45.6. The Kier molecular flexibility index (Phi) is 23.8. The van der Waals surface area contributed by atoms with Gasteiger partial charge in [0.2, 0.25) is 0 Å². The largest absolute Gasteiger partial charge is 0.417 e. The minimum absolute atomic E-state index is 0.239. The van der Waals surface area contributed by atoms with Gasteiger partial charge < -0.3 is 9.36 Å². The van der Waals surface area contributed by atoms with Crippen molar-refractivity contribution >= 4 is 29.3 Å². The minimum Gasteiger partial charge on any atom is -0.354 e. The van der Waals surface area contributed by atoms with Crippen LogP contribution in [0.2, 0.25) is 5.02 Å². The molecule has 1 aromatic heterocycles. The SMILES string of the molecule is CC.CCCC=O.CCCc1ccc(Cl)c(C(F)(F)F)c1.C\C=C/C(=N/C(=C/CCC)c1cc(CC)n(C)c1)C(C)Cc1ccc(C)cc1. The number of unbranched alkanes of at least 4 members (excludes halogenated alkanes) is 2. The first-order valence-electron chi connectivity index (χ1n) is 17.8. The van der Waals surface area contributed by atoms with E-state index < -0.39 is 11.7 Å². The van der Waals surface area contributed by atoms with Crippen molar-refractivity contribution in [3.05, 3.63) is 111 Å². The second kappa shape index (κ2) is 25.6. The highest BCUT2D eigenvalue weighted by Gasteiger charge is 2.33. The van der Waals surface area contributed by atoms with Crippen molar-refractivity contribution in [2.45, 2.75) is 120 Å². The number of aliphatic imine (C=N–C) groups is 1. The van der Waals surface area contributed by atoms with Crippen LogP contribution in [-0.4, -0.2) is 16.6 Å². The van der Waals surface area contributed by atoms with Gasteiger partial charge in [0.1, 0.15) is 6.29 Å². The molecule has 49 heavy (non-hydrogen) atoms. The zero-order valence-corrected chi connectivity index (χ0v) is 32.3. The summed E-state index contributed by atoms with van der Waals surface area (Å²) in [6.45, 7) is 18.8. The Balaban J connectivity index is 0.000000909. The lowest BCUT2D eigenvalue weighted by Crippen LogP contribution is -2.12. The van der Waals surface area contributed by atoms with E-state index in [1.807, 2.05) is 27.7 Å². The number of carbonyl (C=O) groups excluding carboxylic acids is 1. The summed E-state index contributed by atoms with van der Waals surface area (Å²) in [5.74, 6) is 0.360. The van der Waals surface area contributed by atoms with E-state index in [0.29, 0.717) is 24.3 Å². The van der Waals surface area contributed by atoms with Gasteiger partial charge in [-0.25, -0.2) is 0 Å². The molecule has 1 atom stereocenters.